The molecule has 4 rings (SSSR count). The second-order valence-corrected chi connectivity index (χ2v) is 10.6. The Labute approximate surface area is 199 Å². The van der Waals surface area contributed by atoms with Crippen molar-refractivity contribution in [2.75, 3.05) is 11.9 Å². The summed E-state index contributed by atoms with van der Waals surface area (Å²) in [6.45, 7) is 0.907. The number of anilines is 1. The zero-order chi connectivity index (χ0) is 23.6. The van der Waals surface area contributed by atoms with E-state index in [2.05, 4.69) is 9.69 Å². The molecular formula is C23H19ClFN3O3S2. The molecule has 0 saturated carbocycles. The van der Waals surface area contributed by atoms with Gasteiger partial charge >= 0.3 is 0 Å². The summed E-state index contributed by atoms with van der Waals surface area (Å²) in [6.07, 6.45) is 1.68. The van der Waals surface area contributed by atoms with E-state index in [9.17, 15) is 17.6 Å². The smallest absolute Gasteiger partial charge is 0.243 e. The summed E-state index contributed by atoms with van der Waals surface area (Å²) < 4.78 is 47.2. The quantitative estimate of drug-likeness (QED) is 0.374. The molecule has 1 N–H and O–H groups in total. The number of benzene rings is 3. The van der Waals surface area contributed by atoms with E-state index >= 15 is 0 Å². The van der Waals surface area contributed by atoms with Gasteiger partial charge in [-0.25, -0.2) is 12.8 Å². The first-order chi connectivity index (χ1) is 15.7. The van der Waals surface area contributed by atoms with E-state index < -0.39 is 34.8 Å². The number of aromatic nitrogens is 1. The normalized spacial score (nSPS) is 11.8. The summed E-state index contributed by atoms with van der Waals surface area (Å²) in [4.78, 5) is 12.8. The van der Waals surface area contributed by atoms with E-state index in [4.69, 9.17) is 11.6 Å². The second kappa shape index (κ2) is 9.56. The Morgan fingerprint density at radius 3 is 2.64 bits per heavy atom. The molecule has 0 fully saturated rings. The Bertz CT molecular complexity index is 1400. The van der Waals surface area contributed by atoms with Crippen molar-refractivity contribution in [3.05, 3.63) is 88.8 Å². The number of carbonyl (C=O) groups is 1. The highest BCUT2D eigenvalue weighted by Gasteiger charge is 2.28. The molecule has 3 aromatic carbocycles. The number of rotatable bonds is 7. The van der Waals surface area contributed by atoms with Gasteiger partial charge in [0.25, 0.3) is 0 Å². The van der Waals surface area contributed by atoms with Crippen molar-refractivity contribution in [1.29, 1.82) is 0 Å². The predicted molar refractivity (Wildman–Crippen MR) is 128 cm³/mol. The van der Waals surface area contributed by atoms with E-state index in [0.29, 0.717) is 5.69 Å². The maximum atomic E-state index is 14.4. The van der Waals surface area contributed by atoms with Gasteiger partial charge in [-0.05, 0) is 60.9 Å². The fraction of sp³-hybridized carbons (Fsp3) is 0.130. The van der Waals surface area contributed by atoms with Crippen LogP contribution < -0.4 is 5.32 Å². The summed E-state index contributed by atoms with van der Waals surface area (Å²) >= 11 is 7.47. The number of carbonyl (C=O) groups excluding carboxylic acids is 1. The number of amides is 1. The molecule has 170 valence electrons. The lowest BCUT2D eigenvalue weighted by molar-refractivity contribution is -0.116. The first-order valence-corrected chi connectivity index (χ1v) is 12.5. The van der Waals surface area contributed by atoms with Crippen molar-refractivity contribution >= 4 is 54.8 Å². The number of nitrogens with one attached hydrogen (secondary N) is 1. The van der Waals surface area contributed by atoms with Crippen LogP contribution in [0.1, 0.15) is 11.1 Å². The highest BCUT2D eigenvalue weighted by molar-refractivity contribution is 7.89. The largest absolute Gasteiger partial charge is 0.325 e. The number of fused-ring (bicyclic) bond motifs is 1. The maximum absolute atomic E-state index is 14.4. The molecule has 0 bridgehead atoms. The molecule has 1 aromatic heterocycles. The lowest BCUT2D eigenvalue weighted by Crippen LogP contribution is -2.37. The van der Waals surface area contributed by atoms with Crippen LogP contribution in [-0.2, 0) is 21.4 Å². The van der Waals surface area contributed by atoms with Gasteiger partial charge in [0.05, 0.1) is 16.1 Å². The fourth-order valence-corrected chi connectivity index (χ4v) is 5.47. The van der Waals surface area contributed by atoms with Crippen molar-refractivity contribution in [2.24, 2.45) is 0 Å². The molecule has 0 radical (unpaired) electrons. The predicted octanol–water partition coefficient (Wildman–Crippen LogP) is 5.23. The number of hydrogen-bond donors (Lipinski definition) is 1. The van der Waals surface area contributed by atoms with Gasteiger partial charge in [0.2, 0.25) is 15.9 Å². The van der Waals surface area contributed by atoms with Crippen molar-refractivity contribution < 1.29 is 17.6 Å². The van der Waals surface area contributed by atoms with Crippen molar-refractivity contribution in [1.82, 2.24) is 8.68 Å². The fourth-order valence-electron chi connectivity index (χ4n) is 3.26. The minimum atomic E-state index is -4.12. The second-order valence-electron chi connectivity index (χ2n) is 7.41. The summed E-state index contributed by atoms with van der Waals surface area (Å²) in [7, 11) is -4.12. The van der Waals surface area contributed by atoms with Crippen molar-refractivity contribution in [2.45, 2.75) is 18.4 Å². The van der Waals surface area contributed by atoms with E-state index in [1.165, 1.54) is 41.9 Å². The van der Waals surface area contributed by atoms with Crippen LogP contribution in [-0.4, -0.2) is 29.5 Å². The first kappa shape index (κ1) is 23.3. The van der Waals surface area contributed by atoms with Crippen LogP contribution in [0.5, 0.6) is 0 Å². The summed E-state index contributed by atoms with van der Waals surface area (Å²) in [5.74, 6) is -1.22. The highest BCUT2D eigenvalue weighted by atomic mass is 35.5. The van der Waals surface area contributed by atoms with Gasteiger partial charge in [-0.3, -0.25) is 4.79 Å². The summed E-state index contributed by atoms with van der Waals surface area (Å²) in [5, 5.41) is 3.65. The molecule has 6 nitrogen and oxygen atoms in total. The molecular weight excluding hydrogens is 485 g/mol. The van der Waals surface area contributed by atoms with E-state index in [-0.39, 0.29) is 15.5 Å². The Morgan fingerprint density at radius 2 is 1.91 bits per heavy atom. The molecule has 33 heavy (non-hydrogen) atoms. The Balaban J connectivity index is 1.64. The minimum absolute atomic E-state index is 0.000807. The standard InChI is InChI=1S/C23H19ClFN3O3S2/c1-15-5-8-18(9-6-15)33(30,31)28(13-19-20(24)3-2-4-21(19)25)14-23(29)27-17-7-10-22-16(11-17)12-26-32-22/h2-12H,13-14H2,1H3,(H,27,29). The molecule has 10 heteroatoms. The van der Waals surface area contributed by atoms with Gasteiger partial charge < -0.3 is 5.32 Å². The Morgan fingerprint density at radius 1 is 1.15 bits per heavy atom. The van der Waals surface area contributed by atoms with Crippen molar-refractivity contribution in [3.8, 4) is 0 Å². The Hall–Kier alpha value is -2.85. The van der Waals surface area contributed by atoms with Gasteiger partial charge in [-0.2, -0.15) is 8.68 Å². The lowest BCUT2D eigenvalue weighted by atomic mass is 10.2. The first-order valence-electron chi connectivity index (χ1n) is 9.88. The summed E-state index contributed by atoms with van der Waals surface area (Å²) in [6, 6.07) is 15.6. The average Bonchev–Trinajstić information content (AvgIpc) is 3.23. The third-order valence-electron chi connectivity index (χ3n) is 5.01. The average molecular weight is 504 g/mol. The molecule has 0 spiro atoms. The minimum Gasteiger partial charge on any atom is -0.325 e. The lowest BCUT2D eigenvalue weighted by Gasteiger charge is -2.23. The van der Waals surface area contributed by atoms with Gasteiger partial charge in [-0.15, -0.1) is 0 Å². The monoisotopic (exact) mass is 503 g/mol. The molecule has 4 aromatic rings. The van der Waals surface area contributed by atoms with Gasteiger partial charge in [-0.1, -0.05) is 35.4 Å². The van der Waals surface area contributed by atoms with Crippen molar-refractivity contribution in [3.63, 3.8) is 0 Å². The highest BCUT2D eigenvalue weighted by Crippen LogP contribution is 2.26. The molecule has 0 saturated heterocycles. The van der Waals surface area contributed by atoms with Crippen LogP contribution in [0.4, 0.5) is 10.1 Å². The molecule has 0 aliphatic carbocycles. The van der Waals surface area contributed by atoms with Gasteiger partial charge in [0, 0.05) is 34.4 Å². The van der Waals surface area contributed by atoms with Crippen LogP contribution >= 0.6 is 23.1 Å². The number of hydrogen-bond acceptors (Lipinski definition) is 5. The summed E-state index contributed by atoms with van der Waals surface area (Å²) in [5.41, 5.74) is 1.38. The zero-order valence-electron chi connectivity index (χ0n) is 17.5. The third kappa shape index (κ3) is 5.22. The molecule has 1 heterocycles. The molecule has 1 amide bonds. The topological polar surface area (TPSA) is 79.4 Å². The van der Waals surface area contributed by atoms with Crippen LogP contribution in [0.25, 0.3) is 10.1 Å². The number of sulfonamides is 1. The molecule has 0 aliphatic rings. The SMILES string of the molecule is Cc1ccc(S(=O)(=O)N(CC(=O)Nc2ccc3sncc3c2)Cc2c(F)cccc2Cl)cc1. The van der Waals surface area contributed by atoms with Crippen LogP contribution in [0.15, 0.2) is 71.8 Å². The molecule has 0 aliphatic heterocycles. The number of halogens is 2. The van der Waals surface area contributed by atoms with E-state index in [0.717, 1.165) is 20.0 Å². The van der Waals surface area contributed by atoms with Crippen LogP contribution in [0.2, 0.25) is 5.02 Å². The van der Waals surface area contributed by atoms with Gasteiger partial charge in [0.15, 0.2) is 0 Å². The van der Waals surface area contributed by atoms with Crippen LogP contribution in [0.3, 0.4) is 0 Å². The number of aryl methyl sites for hydroxylation is 1. The third-order valence-corrected chi connectivity index (χ3v) is 7.95. The molecule has 0 unspecified atom stereocenters. The number of nitrogens with zero attached hydrogens (tertiary/aromatic N) is 2. The Kier molecular flexibility index (Phi) is 6.76. The molecule has 0 atom stereocenters. The maximum Gasteiger partial charge on any atom is 0.243 e. The van der Waals surface area contributed by atoms with Gasteiger partial charge in [0.1, 0.15) is 5.82 Å². The zero-order valence-corrected chi connectivity index (χ0v) is 19.8. The van der Waals surface area contributed by atoms with Crippen LogP contribution in [0, 0.1) is 12.7 Å². The van der Waals surface area contributed by atoms with E-state index in [1.54, 1.807) is 30.5 Å². The van der Waals surface area contributed by atoms with E-state index in [1.807, 2.05) is 13.0 Å².